The molecule has 1 fully saturated rings. The minimum Gasteiger partial charge on any atom is -0.454 e. The summed E-state index contributed by atoms with van der Waals surface area (Å²) >= 11 is 5.09. The summed E-state index contributed by atoms with van der Waals surface area (Å²) in [6.07, 6.45) is -3.75. The van der Waals surface area contributed by atoms with Crippen molar-refractivity contribution in [3.8, 4) is 5.75 Å². The second kappa shape index (κ2) is 9.46. The van der Waals surface area contributed by atoms with Crippen molar-refractivity contribution < 1.29 is 38.0 Å². The van der Waals surface area contributed by atoms with Crippen LogP contribution in [-0.2, 0) is 33.3 Å². The second-order valence-corrected chi connectivity index (χ2v) is 5.74. The zero-order chi connectivity index (χ0) is 19.1. The highest BCUT2D eigenvalue weighted by Gasteiger charge is 2.47. The van der Waals surface area contributed by atoms with Crippen molar-refractivity contribution in [1.29, 1.82) is 0 Å². The normalized spacial score (nSPS) is 25.0. The Morgan fingerprint density at radius 3 is 2.23 bits per heavy atom. The Labute approximate surface area is 156 Å². The molecular weight excluding hydrogens is 364 g/mol. The van der Waals surface area contributed by atoms with Crippen molar-refractivity contribution in [1.82, 2.24) is 0 Å². The van der Waals surface area contributed by atoms with Crippen molar-refractivity contribution in [2.75, 3.05) is 13.7 Å². The third-order valence-electron chi connectivity index (χ3n) is 3.41. The second-order valence-electron chi connectivity index (χ2n) is 5.41. The van der Waals surface area contributed by atoms with Gasteiger partial charge in [0.05, 0.1) is 6.61 Å². The zero-order valence-corrected chi connectivity index (χ0v) is 15.4. The molecule has 0 aromatic heterocycles. The van der Waals surface area contributed by atoms with E-state index in [1.165, 1.54) is 21.0 Å². The average molecular weight is 384 g/mol. The van der Waals surface area contributed by atoms with E-state index in [1.54, 1.807) is 24.3 Å². The number of para-hydroxylation sites is 1. The van der Waals surface area contributed by atoms with Gasteiger partial charge >= 0.3 is 17.2 Å². The molecule has 1 aliphatic rings. The molecule has 4 atom stereocenters. The van der Waals surface area contributed by atoms with Gasteiger partial charge in [-0.3, -0.25) is 9.59 Å². The minimum atomic E-state index is -1.01. The molecule has 0 bridgehead atoms. The SMILES string of the molecule is CO[C@H]1OC[C@@H](OC(=S)Oc2ccccc2)[C@H](OC(C)=O)[C@H]1OC(C)=O. The molecule has 0 N–H and O–H groups in total. The van der Waals surface area contributed by atoms with Crippen molar-refractivity contribution in [3.63, 3.8) is 0 Å². The Balaban J connectivity index is 2.12. The first-order valence-corrected chi connectivity index (χ1v) is 8.24. The molecule has 2 rings (SSSR count). The van der Waals surface area contributed by atoms with Crippen LogP contribution in [0.1, 0.15) is 13.8 Å². The third kappa shape index (κ3) is 5.65. The Hall–Kier alpha value is -2.23. The van der Waals surface area contributed by atoms with E-state index >= 15 is 0 Å². The maximum absolute atomic E-state index is 11.5. The van der Waals surface area contributed by atoms with Crippen LogP contribution in [0, 0.1) is 0 Å². The first-order valence-electron chi connectivity index (χ1n) is 7.83. The van der Waals surface area contributed by atoms with Crippen molar-refractivity contribution in [3.05, 3.63) is 30.3 Å². The van der Waals surface area contributed by atoms with Crippen molar-refractivity contribution in [2.45, 2.75) is 38.4 Å². The van der Waals surface area contributed by atoms with E-state index < -0.39 is 36.5 Å². The predicted octanol–water partition coefficient (Wildman–Crippen LogP) is 1.60. The lowest BCUT2D eigenvalue weighted by molar-refractivity contribution is -0.270. The Morgan fingerprint density at radius 2 is 1.65 bits per heavy atom. The fraction of sp³-hybridized carbons (Fsp3) is 0.471. The van der Waals surface area contributed by atoms with Crippen LogP contribution in [-0.4, -0.2) is 55.5 Å². The van der Waals surface area contributed by atoms with E-state index in [9.17, 15) is 9.59 Å². The molecule has 0 radical (unpaired) electrons. The number of rotatable bonds is 5. The Bertz CT molecular complexity index is 635. The number of ether oxygens (including phenoxy) is 6. The van der Waals surface area contributed by atoms with Crippen LogP contribution >= 0.6 is 12.2 Å². The minimum absolute atomic E-state index is 0.00743. The van der Waals surface area contributed by atoms with Crippen LogP contribution in [0.5, 0.6) is 5.75 Å². The summed E-state index contributed by atoms with van der Waals surface area (Å²) in [6, 6.07) is 8.81. The van der Waals surface area contributed by atoms with Gasteiger partial charge in [-0.2, -0.15) is 0 Å². The van der Waals surface area contributed by atoms with Crippen LogP contribution < -0.4 is 4.74 Å². The van der Waals surface area contributed by atoms with Gasteiger partial charge in [-0.05, 0) is 12.1 Å². The maximum atomic E-state index is 11.5. The van der Waals surface area contributed by atoms with Gasteiger partial charge in [0.2, 0.25) is 0 Å². The van der Waals surface area contributed by atoms with E-state index in [1.807, 2.05) is 6.07 Å². The lowest BCUT2D eigenvalue weighted by Crippen LogP contribution is -2.58. The molecule has 8 nitrogen and oxygen atoms in total. The van der Waals surface area contributed by atoms with Gasteiger partial charge in [-0.25, -0.2) is 0 Å². The monoisotopic (exact) mass is 384 g/mol. The summed E-state index contributed by atoms with van der Waals surface area (Å²) < 4.78 is 32.1. The number of carbonyl (C=O) groups is 2. The van der Waals surface area contributed by atoms with Crippen LogP contribution in [0.25, 0.3) is 0 Å². The lowest BCUT2D eigenvalue weighted by Gasteiger charge is -2.39. The molecule has 1 aromatic carbocycles. The van der Waals surface area contributed by atoms with Crippen molar-refractivity contribution in [2.24, 2.45) is 0 Å². The van der Waals surface area contributed by atoms with Gasteiger partial charge < -0.3 is 28.4 Å². The Kier molecular flexibility index (Phi) is 7.31. The number of benzene rings is 1. The quantitative estimate of drug-likeness (QED) is 0.555. The van der Waals surface area contributed by atoms with Crippen molar-refractivity contribution >= 4 is 29.4 Å². The van der Waals surface area contributed by atoms with Crippen LogP contribution in [0.3, 0.4) is 0 Å². The lowest BCUT2D eigenvalue weighted by atomic mass is 10.0. The molecule has 1 aliphatic heterocycles. The molecule has 9 heteroatoms. The topological polar surface area (TPSA) is 89.5 Å². The average Bonchev–Trinajstić information content (AvgIpc) is 2.58. The molecule has 0 spiro atoms. The summed E-state index contributed by atoms with van der Waals surface area (Å²) in [5.74, 6) is -0.668. The molecule has 0 amide bonds. The molecule has 0 unspecified atom stereocenters. The van der Waals surface area contributed by atoms with E-state index in [0.29, 0.717) is 5.75 Å². The third-order valence-corrected chi connectivity index (χ3v) is 3.59. The highest BCUT2D eigenvalue weighted by molar-refractivity contribution is 7.79. The van der Waals surface area contributed by atoms with E-state index in [0.717, 1.165) is 0 Å². The first-order chi connectivity index (χ1) is 12.4. The summed E-state index contributed by atoms with van der Waals surface area (Å²) in [7, 11) is 1.39. The highest BCUT2D eigenvalue weighted by atomic mass is 32.1. The largest absolute Gasteiger partial charge is 0.454 e. The molecule has 1 aromatic rings. The number of hydrogen-bond donors (Lipinski definition) is 0. The smallest absolute Gasteiger partial charge is 0.358 e. The standard InChI is InChI=1S/C17H20O8S/c1-10(18)22-14-13(9-21-16(20-3)15(14)23-11(2)19)25-17(26)24-12-7-5-4-6-8-12/h4-8,13-16H,9H2,1-3H3/t13-,14+,15-,16+/m1/s1. The molecule has 1 heterocycles. The van der Waals surface area contributed by atoms with Gasteiger partial charge in [0.25, 0.3) is 0 Å². The highest BCUT2D eigenvalue weighted by Crippen LogP contribution is 2.25. The summed E-state index contributed by atoms with van der Waals surface area (Å²) in [5, 5.41) is -0.181. The number of methoxy groups -OCH3 is 1. The number of thiocarbonyl (C=S) groups is 1. The predicted molar refractivity (Wildman–Crippen MR) is 92.4 cm³/mol. The molecular formula is C17H20O8S. The van der Waals surface area contributed by atoms with Gasteiger partial charge in [-0.1, -0.05) is 18.2 Å². The fourth-order valence-electron chi connectivity index (χ4n) is 2.43. The maximum Gasteiger partial charge on any atom is 0.358 e. The van der Waals surface area contributed by atoms with Crippen LogP contribution in [0.15, 0.2) is 30.3 Å². The fourth-order valence-corrected chi connectivity index (χ4v) is 2.65. The Morgan fingerprint density at radius 1 is 1.04 bits per heavy atom. The number of carbonyl (C=O) groups excluding carboxylic acids is 2. The molecule has 0 saturated carbocycles. The zero-order valence-electron chi connectivity index (χ0n) is 14.6. The van der Waals surface area contributed by atoms with Gasteiger partial charge in [0, 0.05) is 33.2 Å². The summed E-state index contributed by atoms with van der Waals surface area (Å²) in [4.78, 5) is 22.9. The van der Waals surface area contributed by atoms with E-state index in [2.05, 4.69) is 0 Å². The number of esters is 2. The number of hydrogen-bond acceptors (Lipinski definition) is 9. The van der Waals surface area contributed by atoms with Crippen LogP contribution in [0.4, 0.5) is 0 Å². The molecule has 0 aliphatic carbocycles. The summed E-state index contributed by atoms with van der Waals surface area (Å²) in [5.41, 5.74) is 0. The van der Waals surface area contributed by atoms with E-state index in [4.69, 9.17) is 40.6 Å². The first kappa shape index (κ1) is 20.1. The van der Waals surface area contributed by atoms with Crippen LogP contribution in [0.2, 0.25) is 0 Å². The summed E-state index contributed by atoms with van der Waals surface area (Å²) in [6.45, 7) is 2.45. The van der Waals surface area contributed by atoms with Gasteiger partial charge in [-0.15, -0.1) is 0 Å². The van der Waals surface area contributed by atoms with E-state index in [-0.39, 0.29) is 11.8 Å². The van der Waals surface area contributed by atoms with Gasteiger partial charge in [0.1, 0.15) is 5.75 Å². The van der Waals surface area contributed by atoms with Gasteiger partial charge in [0.15, 0.2) is 24.6 Å². The molecule has 26 heavy (non-hydrogen) atoms. The molecule has 1 saturated heterocycles. The molecule has 142 valence electrons.